The molecule has 1 aliphatic carbocycles. The Morgan fingerprint density at radius 2 is 1.84 bits per heavy atom. The minimum absolute atomic E-state index is 0. The average molecular weight is 699 g/mol. The number of hydrogen-bond acceptors (Lipinski definition) is 5. The van der Waals surface area contributed by atoms with Gasteiger partial charge in [-0.25, -0.2) is 13.8 Å². The van der Waals surface area contributed by atoms with Crippen molar-refractivity contribution in [2.75, 3.05) is 18.5 Å². The first-order valence-electron chi connectivity index (χ1n) is 17.9. The standard InChI is InChI=1S/C17H13FN2.C17H22FNO2.C7H13N.C2H6.H2/c18-12-6-7-15-14(10-12)17-13(8-9-19-17)16(20-15)11-4-2-1-3-5-11;1-3-17(18)9-8-15(14(10-17)11-20)19-16(21)13-6-4-12(2)5-7-13;1-6(2)4-5-7(3)8;1-2;/h1-7,10,19H,8-9H2;3-7,14-15,20H,1,8-11H2,2H3,(H,19,21);4-6,8H,1-3H3;1-2H3;1H/b;;5-4-,8-7?;;/t;14-,15-,17?;;;/m.1.../s1. The molecule has 3 atom stereocenters. The highest BCUT2D eigenvalue weighted by Gasteiger charge is 2.39. The van der Waals surface area contributed by atoms with Gasteiger partial charge in [0.05, 0.1) is 11.2 Å². The molecule has 0 spiro atoms. The van der Waals surface area contributed by atoms with Crippen molar-refractivity contribution in [2.24, 2.45) is 11.8 Å². The van der Waals surface area contributed by atoms with Crippen LogP contribution < -0.4 is 10.6 Å². The molecule has 0 saturated heterocycles. The number of nitrogens with one attached hydrogen (secondary N) is 3. The van der Waals surface area contributed by atoms with Gasteiger partial charge in [0, 0.05) is 60.0 Å². The van der Waals surface area contributed by atoms with Crippen LogP contribution in [0.2, 0.25) is 0 Å². The van der Waals surface area contributed by atoms with Crippen LogP contribution in [-0.4, -0.2) is 46.6 Å². The second-order valence-corrected chi connectivity index (χ2v) is 13.2. The lowest BCUT2D eigenvalue weighted by molar-refractivity contribution is 0.0570. The summed E-state index contributed by atoms with van der Waals surface area (Å²) in [6.45, 7) is 16.2. The van der Waals surface area contributed by atoms with Gasteiger partial charge in [0.15, 0.2) is 0 Å². The number of carbonyl (C=O) groups is 1. The lowest BCUT2D eigenvalue weighted by atomic mass is 9.76. The summed E-state index contributed by atoms with van der Waals surface area (Å²) in [5, 5.41) is 23.6. The van der Waals surface area contributed by atoms with E-state index in [9.17, 15) is 18.7 Å². The first-order chi connectivity index (χ1) is 24.4. The van der Waals surface area contributed by atoms with Crippen LogP contribution in [0.1, 0.15) is 76.8 Å². The number of amides is 1. The minimum atomic E-state index is -1.43. The van der Waals surface area contributed by atoms with Crippen LogP contribution in [0.25, 0.3) is 22.2 Å². The lowest BCUT2D eigenvalue weighted by Gasteiger charge is -2.38. The topological polar surface area (TPSA) is 98.1 Å². The van der Waals surface area contributed by atoms with Crippen LogP contribution in [0.4, 0.5) is 14.5 Å². The molecular formula is C43H56F2N4O2. The molecule has 4 aromatic rings. The number of aryl methyl sites for hydroxylation is 1. The van der Waals surface area contributed by atoms with E-state index in [2.05, 4.69) is 43.2 Å². The van der Waals surface area contributed by atoms with Gasteiger partial charge in [-0.2, -0.15) is 0 Å². The van der Waals surface area contributed by atoms with Crippen molar-refractivity contribution < 1.29 is 20.1 Å². The molecule has 1 aromatic heterocycles. The van der Waals surface area contributed by atoms with E-state index in [1.165, 1.54) is 17.7 Å². The molecule has 1 saturated carbocycles. The Bertz CT molecular complexity index is 1780. The number of benzene rings is 3. The van der Waals surface area contributed by atoms with E-state index in [0.717, 1.165) is 46.4 Å². The van der Waals surface area contributed by atoms with E-state index in [4.69, 9.17) is 10.4 Å². The first kappa shape index (κ1) is 40.7. The Kier molecular flexibility index (Phi) is 15.7. The Hall–Kier alpha value is -4.69. The van der Waals surface area contributed by atoms with Crippen LogP contribution in [0.5, 0.6) is 0 Å². The number of carbonyl (C=O) groups excluding carboxylic acids is 1. The molecule has 1 fully saturated rings. The molecule has 6 rings (SSSR count). The number of pyridine rings is 1. The molecule has 6 nitrogen and oxygen atoms in total. The number of aliphatic hydroxyl groups is 1. The maximum absolute atomic E-state index is 14.3. The summed E-state index contributed by atoms with van der Waals surface area (Å²) in [6, 6.07) is 22.0. The summed E-state index contributed by atoms with van der Waals surface area (Å²) in [7, 11) is 0. The predicted molar refractivity (Wildman–Crippen MR) is 211 cm³/mol. The quantitative estimate of drug-likeness (QED) is 0.114. The van der Waals surface area contributed by atoms with Gasteiger partial charge in [-0.3, -0.25) is 4.79 Å². The third-order valence-corrected chi connectivity index (χ3v) is 8.78. The molecule has 274 valence electrons. The zero-order valence-electron chi connectivity index (χ0n) is 30.9. The fourth-order valence-electron chi connectivity index (χ4n) is 6.04. The number of aliphatic hydroxyl groups excluding tert-OH is 1. The van der Waals surface area contributed by atoms with E-state index in [1.54, 1.807) is 31.2 Å². The Balaban J connectivity index is 0.000000284. The number of hydrogen-bond donors (Lipinski definition) is 4. The SMILES string of the molecule is C=CC1(F)CC[C@@H](NC(=O)c2ccc(C)cc2)[C@@H](CO)C1.CC.CC(=N)/C=C\C(C)C.Fc1ccc2nc(-c3ccccc3)c3c(c2c1)NCC3.[HH]. The highest BCUT2D eigenvalue weighted by Crippen LogP contribution is 2.38. The van der Waals surface area contributed by atoms with Crippen molar-refractivity contribution in [3.05, 3.63) is 120 Å². The zero-order valence-corrected chi connectivity index (χ0v) is 30.9. The molecular weight excluding hydrogens is 642 g/mol. The number of aromatic nitrogens is 1. The van der Waals surface area contributed by atoms with Crippen LogP contribution in [0.15, 0.2) is 97.6 Å². The molecule has 1 unspecified atom stereocenters. The fourth-order valence-corrected chi connectivity index (χ4v) is 6.04. The number of alkyl halides is 1. The van der Waals surface area contributed by atoms with E-state index in [0.29, 0.717) is 30.0 Å². The minimum Gasteiger partial charge on any atom is -0.396 e. The number of fused-ring (bicyclic) bond motifs is 3. The third-order valence-electron chi connectivity index (χ3n) is 8.78. The molecule has 8 heteroatoms. The molecule has 2 aliphatic rings. The largest absolute Gasteiger partial charge is 0.396 e. The maximum Gasteiger partial charge on any atom is 0.251 e. The summed E-state index contributed by atoms with van der Waals surface area (Å²) in [4.78, 5) is 17.0. The van der Waals surface area contributed by atoms with Crippen LogP contribution in [0.3, 0.4) is 0 Å². The van der Waals surface area contributed by atoms with Gasteiger partial charge in [-0.15, -0.1) is 0 Å². The van der Waals surface area contributed by atoms with Gasteiger partial charge in [0.25, 0.3) is 5.91 Å². The number of rotatable bonds is 7. The normalized spacial score (nSPS) is 18.9. The number of anilines is 1. The lowest BCUT2D eigenvalue weighted by Crippen LogP contribution is -2.48. The molecule has 51 heavy (non-hydrogen) atoms. The zero-order chi connectivity index (χ0) is 37.6. The second-order valence-electron chi connectivity index (χ2n) is 13.2. The molecule has 3 aromatic carbocycles. The Morgan fingerprint density at radius 3 is 2.43 bits per heavy atom. The number of halogens is 2. The maximum atomic E-state index is 14.3. The summed E-state index contributed by atoms with van der Waals surface area (Å²) < 4.78 is 27.7. The molecule has 0 bridgehead atoms. The van der Waals surface area contributed by atoms with Crippen molar-refractivity contribution in [3.8, 4) is 11.3 Å². The van der Waals surface area contributed by atoms with E-state index in [-0.39, 0.29) is 38.1 Å². The van der Waals surface area contributed by atoms with Gasteiger partial charge < -0.3 is 21.1 Å². The third kappa shape index (κ3) is 11.7. The van der Waals surface area contributed by atoms with Crippen molar-refractivity contribution >= 4 is 28.2 Å². The van der Waals surface area contributed by atoms with Gasteiger partial charge in [0.1, 0.15) is 11.5 Å². The Labute approximate surface area is 304 Å². The summed E-state index contributed by atoms with van der Waals surface area (Å²) in [6.07, 6.45) is 7.11. The van der Waals surface area contributed by atoms with Gasteiger partial charge in [0.2, 0.25) is 0 Å². The molecule has 1 amide bonds. The van der Waals surface area contributed by atoms with E-state index >= 15 is 0 Å². The van der Waals surface area contributed by atoms with E-state index in [1.807, 2.05) is 63.3 Å². The van der Waals surface area contributed by atoms with Crippen molar-refractivity contribution in [1.29, 1.82) is 5.41 Å². The number of nitrogens with zero attached hydrogens (tertiary/aromatic N) is 1. The molecule has 4 N–H and O–H groups in total. The van der Waals surface area contributed by atoms with Gasteiger partial charge >= 0.3 is 0 Å². The van der Waals surface area contributed by atoms with Crippen molar-refractivity contribution in [3.63, 3.8) is 0 Å². The Morgan fingerprint density at radius 1 is 1.16 bits per heavy atom. The predicted octanol–water partition coefficient (Wildman–Crippen LogP) is 10.3. The van der Waals surface area contributed by atoms with Gasteiger partial charge in [-0.1, -0.05) is 94.5 Å². The smallest absolute Gasteiger partial charge is 0.251 e. The monoisotopic (exact) mass is 698 g/mol. The summed E-state index contributed by atoms with van der Waals surface area (Å²) in [5.74, 6) is -0.113. The second kappa shape index (κ2) is 19.6. The van der Waals surface area contributed by atoms with Crippen LogP contribution >= 0.6 is 0 Å². The summed E-state index contributed by atoms with van der Waals surface area (Å²) in [5.41, 5.74) is 6.03. The van der Waals surface area contributed by atoms with Crippen LogP contribution in [0, 0.1) is 30.0 Å². The molecule has 1 aliphatic heterocycles. The van der Waals surface area contributed by atoms with Crippen LogP contribution in [-0.2, 0) is 6.42 Å². The average Bonchev–Trinajstić information content (AvgIpc) is 3.64. The van der Waals surface area contributed by atoms with Crippen molar-refractivity contribution in [2.45, 2.75) is 78.9 Å². The highest BCUT2D eigenvalue weighted by atomic mass is 19.1. The first-order valence-corrected chi connectivity index (χ1v) is 17.9. The van der Waals surface area contributed by atoms with E-state index < -0.39 is 5.67 Å². The van der Waals surface area contributed by atoms with Crippen molar-refractivity contribution in [1.82, 2.24) is 10.3 Å². The number of allylic oxidation sites excluding steroid dienone is 3. The summed E-state index contributed by atoms with van der Waals surface area (Å²) >= 11 is 0. The highest BCUT2D eigenvalue weighted by molar-refractivity contribution is 5.97. The molecule has 2 heterocycles. The fraction of sp³-hybridized carbons (Fsp3) is 0.372. The van der Waals surface area contributed by atoms with Gasteiger partial charge in [-0.05, 0) is 81.9 Å². The molecule has 0 radical (unpaired) electrons.